The molecule has 0 radical (unpaired) electrons. The molecule has 0 fully saturated rings. The SMILES string of the molecule is Cc1cc(C)n(-c2cc(C(F)(F)F)n[n-]2)n1. The molecule has 0 aliphatic heterocycles. The summed E-state index contributed by atoms with van der Waals surface area (Å²) in [6.45, 7) is 3.49. The molecule has 0 saturated heterocycles. The maximum absolute atomic E-state index is 12.3. The second-order valence-electron chi connectivity index (χ2n) is 3.42. The number of halogens is 3. The number of rotatable bonds is 1. The van der Waals surface area contributed by atoms with E-state index >= 15 is 0 Å². The molecule has 2 aromatic heterocycles. The monoisotopic (exact) mass is 229 g/mol. The van der Waals surface area contributed by atoms with E-state index in [1.807, 2.05) is 0 Å². The highest BCUT2D eigenvalue weighted by molar-refractivity contribution is 5.27. The lowest BCUT2D eigenvalue weighted by molar-refractivity contribution is -0.141. The highest BCUT2D eigenvalue weighted by Crippen LogP contribution is 2.28. The molecule has 2 aromatic rings. The molecule has 16 heavy (non-hydrogen) atoms. The van der Waals surface area contributed by atoms with Crippen LogP contribution in [-0.2, 0) is 6.18 Å². The lowest BCUT2D eigenvalue weighted by Gasteiger charge is -2.09. The third-order valence-corrected chi connectivity index (χ3v) is 2.04. The van der Waals surface area contributed by atoms with Gasteiger partial charge in [0.05, 0.1) is 0 Å². The third kappa shape index (κ3) is 1.80. The van der Waals surface area contributed by atoms with Gasteiger partial charge in [-0.2, -0.15) is 13.2 Å². The van der Waals surface area contributed by atoms with E-state index in [0.29, 0.717) is 11.4 Å². The summed E-state index contributed by atoms with van der Waals surface area (Å²) in [5.41, 5.74) is 0.426. The van der Waals surface area contributed by atoms with Gasteiger partial charge in [-0.25, -0.2) is 0 Å². The van der Waals surface area contributed by atoms with Crippen molar-refractivity contribution >= 4 is 0 Å². The number of aromatic nitrogens is 4. The molecule has 0 aliphatic carbocycles. The van der Waals surface area contributed by atoms with Gasteiger partial charge in [0.25, 0.3) is 0 Å². The zero-order valence-electron chi connectivity index (χ0n) is 8.58. The van der Waals surface area contributed by atoms with Crippen molar-refractivity contribution in [1.82, 2.24) is 20.0 Å². The number of nitrogens with zero attached hydrogens (tertiary/aromatic N) is 4. The van der Waals surface area contributed by atoms with Crippen molar-refractivity contribution in [2.75, 3.05) is 0 Å². The fourth-order valence-corrected chi connectivity index (χ4v) is 1.39. The molecule has 0 spiro atoms. The molecule has 0 aliphatic rings. The Balaban J connectivity index is 2.43. The summed E-state index contributed by atoms with van der Waals surface area (Å²) in [5, 5.41) is 10.6. The normalized spacial score (nSPS) is 12.1. The van der Waals surface area contributed by atoms with Crippen molar-refractivity contribution in [1.29, 1.82) is 0 Å². The maximum atomic E-state index is 12.3. The van der Waals surface area contributed by atoms with E-state index in [4.69, 9.17) is 0 Å². The van der Waals surface area contributed by atoms with E-state index in [2.05, 4.69) is 15.3 Å². The van der Waals surface area contributed by atoms with Gasteiger partial charge in [0, 0.05) is 5.69 Å². The Morgan fingerprint density at radius 2 is 1.94 bits per heavy atom. The minimum atomic E-state index is -4.47. The number of hydrogen-bond donors (Lipinski definition) is 0. The van der Waals surface area contributed by atoms with Crippen LogP contribution in [0.1, 0.15) is 17.1 Å². The molecule has 0 amide bonds. The lowest BCUT2D eigenvalue weighted by Crippen LogP contribution is -2.05. The average molecular weight is 229 g/mol. The first-order chi connectivity index (χ1) is 7.38. The summed E-state index contributed by atoms with van der Waals surface area (Å²) >= 11 is 0. The topological polar surface area (TPSA) is 44.8 Å². The molecule has 2 rings (SSSR count). The van der Waals surface area contributed by atoms with Crippen molar-refractivity contribution in [3.63, 3.8) is 0 Å². The van der Waals surface area contributed by atoms with Gasteiger partial charge >= 0.3 is 6.18 Å². The Bertz CT molecular complexity index is 509. The molecule has 0 atom stereocenters. The number of alkyl halides is 3. The summed E-state index contributed by atoms with van der Waals surface area (Å²) in [6.07, 6.45) is -4.47. The quantitative estimate of drug-likeness (QED) is 0.749. The fraction of sp³-hybridized carbons (Fsp3) is 0.333. The minimum Gasteiger partial charge on any atom is -0.353 e. The first-order valence-electron chi connectivity index (χ1n) is 4.49. The van der Waals surface area contributed by atoms with Crippen LogP contribution in [0.3, 0.4) is 0 Å². The molecular weight excluding hydrogens is 221 g/mol. The second-order valence-corrected chi connectivity index (χ2v) is 3.42. The van der Waals surface area contributed by atoms with Crippen LogP contribution >= 0.6 is 0 Å². The molecule has 4 nitrogen and oxygen atoms in total. The summed E-state index contributed by atoms with van der Waals surface area (Å²) in [4.78, 5) is 0. The van der Waals surface area contributed by atoms with Gasteiger partial charge in [-0.1, -0.05) is 0 Å². The van der Waals surface area contributed by atoms with E-state index in [-0.39, 0.29) is 5.82 Å². The van der Waals surface area contributed by atoms with Crippen LogP contribution in [0.2, 0.25) is 0 Å². The molecule has 0 bridgehead atoms. The molecule has 86 valence electrons. The van der Waals surface area contributed by atoms with Gasteiger partial charge in [-0.15, -0.1) is 0 Å². The summed E-state index contributed by atoms with van der Waals surface area (Å²) < 4.78 is 38.2. The zero-order chi connectivity index (χ0) is 11.9. The van der Waals surface area contributed by atoms with Crippen LogP contribution in [0.4, 0.5) is 13.2 Å². The van der Waals surface area contributed by atoms with Crippen LogP contribution in [0, 0.1) is 13.8 Å². The molecule has 7 heteroatoms. The molecule has 0 aromatic carbocycles. The molecule has 0 N–H and O–H groups in total. The van der Waals surface area contributed by atoms with Gasteiger partial charge in [-0.3, -0.25) is 10.2 Å². The van der Waals surface area contributed by atoms with Gasteiger partial charge < -0.3 is 9.78 Å². The number of aryl methyl sites for hydroxylation is 2. The summed E-state index contributed by atoms with van der Waals surface area (Å²) in [7, 11) is 0. The van der Waals surface area contributed by atoms with Crippen molar-refractivity contribution in [2.45, 2.75) is 20.0 Å². The predicted octanol–water partition coefficient (Wildman–Crippen LogP) is 1.86. The first kappa shape index (κ1) is 10.7. The highest BCUT2D eigenvalue weighted by atomic mass is 19.4. The Labute approximate surface area is 89.1 Å². The Morgan fingerprint density at radius 1 is 1.25 bits per heavy atom. The Morgan fingerprint density at radius 3 is 2.38 bits per heavy atom. The van der Waals surface area contributed by atoms with Crippen LogP contribution in [-0.4, -0.2) is 14.9 Å². The lowest BCUT2D eigenvalue weighted by atomic mass is 10.4. The first-order valence-corrected chi connectivity index (χ1v) is 4.49. The van der Waals surface area contributed by atoms with E-state index in [1.54, 1.807) is 19.9 Å². The van der Waals surface area contributed by atoms with Gasteiger partial charge in [0.2, 0.25) is 0 Å². The zero-order valence-corrected chi connectivity index (χ0v) is 8.58. The van der Waals surface area contributed by atoms with E-state index in [0.717, 1.165) is 6.07 Å². The van der Waals surface area contributed by atoms with Crippen molar-refractivity contribution < 1.29 is 13.2 Å². The molecule has 2 heterocycles. The molecule has 0 saturated carbocycles. The summed E-state index contributed by atoms with van der Waals surface area (Å²) in [5.74, 6) is 0.0814. The minimum absolute atomic E-state index is 0.0814. The van der Waals surface area contributed by atoms with Gasteiger partial charge in [0.1, 0.15) is 5.69 Å². The van der Waals surface area contributed by atoms with Gasteiger partial charge in [0.15, 0.2) is 0 Å². The summed E-state index contributed by atoms with van der Waals surface area (Å²) in [6, 6.07) is 2.63. The van der Waals surface area contributed by atoms with E-state index in [9.17, 15) is 13.2 Å². The Kier molecular flexibility index (Phi) is 2.25. The standard InChI is InChI=1S/C9H8F3N4/c1-5-3-6(2)16(15-5)8-4-7(13-14-8)9(10,11)12/h3-4H,1-2H3/q-1. The second kappa shape index (κ2) is 3.36. The van der Waals surface area contributed by atoms with Crippen molar-refractivity contribution in [3.05, 3.63) is 29.2 Å². The maximum Gasteiger partial charge on any atom is 0.433 e. The predicted molar refractivity (Wildman–Crippen MR) is 49.2 cm³/mol. The number of hydrogen-bond acceptors (Lipinski definition) is 2. The largest absolute Gasteiger partial charge is 0.433 e. The Hall–Kier alpha value is -1.79. The fourth-order valence-electron chi connectivity index (χ4n) is 1.39. The average Bonchev–Trinajstić information content (AvgIpc) is 2.70. The van der Waals surface area contributed by atoms with Gasteiger partial charge in [-0.05, 0) is 37.5 Å². The van der Waals surface area contributed by atoms with Crippen LogP contribution in [0.5, 0.6) is 0 Å². The van der Waals surface area contributed by atoms with Crippen molar-refractivity contribution in [2.24, 2.45) is 0 Å². The van der Waals surface area contributed by atoms with E-state index < -0.39 is 11.9 Å². The van der Waals surface area contributed by atoms with Crippen LogP contribution < -0.4 is 5.10 Å². The van der Waals surface area contributed by atoms with Crippen molar-refractivity contribution in [3.8, 4) is 5.82 Å². The third-order valence-electron chi connectivity index (χ3n) is 2.04. The smallest absolute Gasteiger partial charge is 0.353 e. The van der Waals surface area contributed by atoms with Crippen LogP contribution in [0.25, 0.3) is 5.82 Å². The molecular formula is C9H8F3N4-. The van der Waals surface area contributed by atoms with Crippen LogP contribution in [0.15, 0.2) is 12.1 Å². The van der Waals surface area contributed by atoms with E-state index in [1.165, 1.54) is 4.68 Å². The highest BCUT2D eigenvalue weighted by Gasteiger charge is 2.32. The molecule has 0 unspecified atom stereocenters.